The van der Waals surface area contributed by atoms with Gasteiger partial charge in [0.1, 0.15) is 0 Å². The minimum atomic E-state index is -5.34. The van der Waals surface area contributed by atoms with E-state index in [0.29, 0.717) is 0 Å². The lowest BCUT2D eigenvalue weighted by atomic mass is 9.73. The Balaban J connectivity index is 2.50. The molecule has 3 unspecified atom stereocenters. The molecule has 0 radical (unpaired) electrons. The molecule has 0 aromatic carbocycles. The Bertz CT molecular complexity index is 735. The fourth-order valence-electron chi connectivity index (χ4n) is 2.84. The lowest BCUT2D eigenvalue weighted by Gasteiger charge is -2.57. The first-order valence-corrected chi connectivity index (χ1v) is 9.40. The Morgan fingerprint density at radius 2 is 1.08 bits per heavy atom. The van der Waals surface area contributed by atoms with Gasteiger partial charge in [0.15, 0.2) is 0 Å². The molecule has 2 saturated heterocycles. The standard InChI is InChI=1S/C6H7O15P3/c7-1(8)2(9)3(10)4(11,21-24(18,19-2)20-3)6(13,23(16)17)5(1,12)22(14)15/h7-13H/t2-,3+,4-,5-,6-,24?/m1/s1. The zero-order valence-corrected chi connectivity index (χ0v) is 13.4. The second-order valence-electron chi connectivity index (χ2n) is 5.18. The zero-order chi connectivity index (χ0) is 18.8. The maximum Gasteiger partial charge on any atom is 0.483 e. The van der Waals surface area contributed by atoms with Crippen molar-refractivity contribution in [2.24, 2.45) is 0 Å². The molecule has 3 fully saturated rings. The van der Waals surface area contributed by atoms with Crippen LogP contribution in [-0.4, -0.2) is 69.6 Å². The topological polar surface area (TPSA) is 267 Å². The molecule has 2 bridgehead atoms. The van der Waals surface area contributed by atoms with Crippen molar-refractivity contribution < 1.29 is 72.8 Å². The highest BCUT2D eigenvalue weighted by Gasteiger charge is 3.08. The van der Waals surface area contributed by atoms with E-state index in [4.69, 9.17) is 0 Å². The van der Waals surface area contributed by atoms with E-state index in [-0.39, 0.29) is 0 Å². The van der Waals surface area contributed by atoms with Gasteiger partial charge in [-0.1, -0.05) is 9.13 Å². The summed E-state index contributed by atoms with van der Waals surface area (Å²) in [6.07, 6.45) is 0. The molecule has 7 N–H and O–H groups in total. The van der Waals surface area contributed by atoms with Gasteiger partial charge in [-0.05, 0) is 0 Å². The van der Waals surface area contributed by atoms with Crippen molar-refractivity contribution in [3.63, 3.8) is 0 Å². The van der Waals surface area contributed by atoms with Crippen molar-refractivity contribution >= 4 is 23.9 Å². The summed E-state index contributed by atoms with van der Waals surface area (Å²) < 4.78 is 46.9. The van der Waals surface area contributed by atoms with E-state index < -0.39 is 57.7 Å². The van der Waals surface area contributed by atoms with Crippen LogP contribution in [0.1, 0.15) is 0 Å². The van der Waals surface area contributed by atoms with Crippen molar-refractivity contribution in [3.05, 3.63) is 0 Å². The molecular weight excluding hydrogens is 405 g/mol. The van der Waals surface area contributed by atoms with Gasteiger partial charge in [-0.15, -0.1) is 0 Å². The van der Waals surface area contributed by atoms with Crippen LogP contribution in [0.3, 0.4) is 0 Å². The van der Waals surface area contributed by atoms with Crippen LogP contribution in [0.15, 0.2) is 0 Å². The second kappa shape index (κ2) is 4.26. The van der Waals surface area contributed by atoms with Crippen LogP contribution in [0.25, 0.3) is 0 Å². The molecule has 18 heteroatoms. The molecule has 3 aliphatic rings. The van der Waals surface area contributed by atoms with Crippen LogP contribution in [0, 0.1) is 0 Å². The molecule has 24 heavy (non-hydrogen) atoms. The van der Waals surface area contributed by atoms with Crippen LogP contribution in [0.4, 0.5) is 0 Å². The molecule has 3 rings (SSSR count). The normalized spacial score (nSPS) is 59.4. The number of rotatable bonds is 2. The number of hydrogen-bond donors (Lipinski definition) is 7. The van der Waals surface area contributed by atoms with Crippen LogP contribution in [-0.2, 0) is 27.3 Å². The van der Waals surface area contributed by atoms with Gasteiger partial charge in [0, 0.05) is 0 Å². The van der Waals surface area contributed by atoms with Gasteiger partial charge in [0.05, 0.1) is 0 Å². The lowest BCUT2D eigenvalue weighted by molar-refractivity contribution is -0.539. The zero-order valence-electron chi connectivity index (χ0n) is 10.7. The van der Waals surface area contributed by atoms with E-state index >= 15 is 0 Å². The SMILES string of the molecule is O=[P+]([O-])[C@]1(O)[C@]2(O)OP3(=O)O[C@@]2(O)[C@](O)(O3)C(O)(O)[C@@]1(O)[P+](=O)[O-]. The van der Waals surface area contributed by atoms with Gasteiger partial charge in [-0.2, -0.15) is 0 Å². The number of phosphoric acid groups is 1. The highest BCUT2D eigenvalue weighted by molar-refractivity contribution is 7.49. The van der Waals surface area contributed by atoms with Crippen LogP contribution < -0.4 is 9.79 Å². The molecule has 0 aromatic rings. The van der Waals surface area contributed by atoms with Gasteiger partial charge in [0.2, 0.25) is 0 Å². The van der Waals surface area contributed by atoms with Crippen molar-refractivity contribution in [2.75, 3.05) is 0 Å². The van der Waals surface area contributed by atoms with Crippen molar-refractivity contribution in [3.8, 4) is 0 Å². The summed E-state index contributed by atoms with van der Waals surface area (Å²) in [6, 6.07) is 0. The third kappa shape index (κ3) is 1.37. The van der Waals surface area contributed by atoms with Gasteiger partial charge in [-0.3, -0.25) is 0 Å². The third-order valence-corrected chi connectivity index (χ3v) is 8.05. The molecular formula is C6H7O15P3. The number of hydrogen-bond acceptors (Lipinski definition) is 15. The summed E-state index contributed by atoms with van der Waals surface area (Å²) in [5, 5.41) is 61.1. The quantitative estimate of drug-likeness (QED) is 0.165. The summed E-state index contributed by atoms with van der Waals surface area (Å²) in [5.41, 5.74) is 0. The third-order valence-electron chi connectivity index (χ3n) is 4.10. The van der Waals surface area contributed by atoms with Crippen LogP contribution in [0.2, 0.25) is 0 Å². The molecule has 0 amide bonds. The van der Waals surface area contributed by atoms with E-state index in [1.165, 1.54) is 0 Å². The van der Waals surface area contributed by atoms with Gasteiger partial charge in [-0.25, -0.2) is 18.1 Å². The summed E-state index contributed by atoms with van der Waals surface area (Å²) in [6.45, 7) is 0. The van der Waals surface area contributed by atoms with E-state index in [9.17, 15) is 59.2 Å². The highest BCUT2D eigenvalue weighted by atomic mass is 31.2. The van der Waals surface area contributed by atoms with E-state index in [2.05, 4.69) is 13.6 Å². The number of fused-ring (bicyclic) bond motifs is 1. The highest BCUT2D eigenvalue weighted by Crippen LogP contribution is 2.83. The first-order chi connectivity index (χ1) is 10.5. The Kier molecular flexibility index (Phi) is 3.32. The molecule has 2 heterocycles. The average Bonchev–Trinajstić information content (AvgIpc) is 2.76. The molecule has 2 aliphatic heterocycles. The van der Waals surface area contributed by atoms with Gasteiger partial charge in [0.25, 0.3) is 0 Å². The smallest absolute Gasteiger partial charge is 0.483 e. The van der Waals surface area contributed by atoms with E-state index in [1.54, 1.807) is 0 Å². The second-order valence-corrected chi connectivity index (χ2v) is 8.95. The minimum Gasteiger partial charge on any atom is -0.593 e. The molecule has 0 spiro atoms. The lowest BCUT2D eigenvalue weighted by Crippen LogP contribution is -2.94. The summed E-state index contributed by atoms with van der Waals surface area (Å²) >= 11 is 0. The van der Waals surface area contributed by atoms with Gasteiger partial charge < -0.3 is 45.5 Å². The van der Waals surface area contributed by atoms with Crippen LogP contribution in [0.5, 0.6) is 0 Å². The van der Waals surface area contributed by atoms with Gasteiger partial charge >= 0.3 is 57.7 Å². The Morgan fingerprint density at radius 1 is 0.708 bits per heavy atom. The summed E-state index contributed by atoms with van der Waals surface area (Å²) in [4.78, 5) is 22.8. The number of phosphoric ester groups is 1. The largest absolute Gasteiger partial charge is 0.593 e. The first kappa shape index (κ1) is 18.7. The molecule has 136 valence electrons. The van der Waals surface area contributed by atoms with Crippen LogP contribution >= 0.6 is 23.9 Å². The summed E-state index contributed by atoms with van der Waals surface area (Å²) in [7, 11) is -15.0. The molecule has 0 aromatic heterocycles. The van der Waals surface area contributed by atoms with E-state index in [0.717, 1.165) is 0 Å². The monoisotopic (exact) mass is 412 g/mol. The van der Waals surface area contributed by atoms with E-state index in [1.807, 2.05) is 0 Å². The molecule has 8 atom stereocenters. The fourth-order valence-corrected chi connectivity index (χ4v) is 6.91. The maximum absolute atomic E-state index is 11.9. The van der Waals surface area contributed by atoms with Crippen molar-refractivity contribution in [2.45, 2.75) is 33.8 Å². The van der Waals surface area contributed by atoms with Crippen molar-refractivity contribution in [1.82, 2.24) is 0 Å². The fraction of sp³-hybridized carbons (Fsp3) is 1.00. The first-order valence-electron chi connectivity index (χ1n) is 5.59. The predicted molar refractivity (Wildman–Crippen MR) is 58.0 cm³/mol. The molecule has 15 nitrogen and oxygen atoms in total. The van der Waals surface area contributed by atoms with Crippen molar-refractivity contribution in [1.29, 1.82) is 0 Å². The number of aliphatic hydroxyl groups is 7. The Morgan fingerprint density at radius 3 is 1.46 bits per heavy atom. The molecule has 1 saturated carbocycles. The Hall–Kier alpha value is -0.0500. The predicted octanol–water partition coefficient (Wildman–Crippen LogP) is -5.49. The maximum atomic E-state index is 11.9. The summed E-state index contributed by atoms with van der Waals surface area (Å²) in [5.74, 6) is -17.7. The molecule has 1 aliphatic carbocycles. The minimum absolute atomic E-state index is 4.03. The Labute approximate surface area is 131 Å². The average molecular weight is 412 g/mol.